The third-order valence-corrected chi connectivity index (χ3v) is 15.9. The molecule has 6 nitrogen and oxygen atoms in total. The number of carbonyl (C=O) groups excluding carboxylic acids is 1. The second-order valence-electron chi connectivity index (χ2n) is 20.9. The first-order chi connectivity index (χ1) is 36.4. The van der Waals surface area contributed by atoms with Crippen LogP contribution in [0.1, 0.15) is 132 Å². The third kappa shape index (κ3) is 11.2. The number of fused-ring (bicyclic) bond motifs is 8. The van der Waals surface area contributed by atoms with Gasteiger partial charge in [-0.25, -0.2) is 8.78 Å². The van der Waals surface area contributed by atoms with E-state index in [0.717, 1.165) is 125 Å². The zero-order valence-corrected chi connectivity index (χ0v) is 46.8. The minimum atomic E-state index is -2.55. The first-order valence-electron chi connectivity index (χ1n) is 27.1. The zero-order valence-electron chi connectivity index (χ0n) is 44.4. The molecule has 0 aliphatic heterocycles. The van der Waals surface area contributed by atoms with Gasteiger partial charge in [0.1, 0.15) is 11.2 Å². The summed E-state index contributed by atoms with van der Waals surface area (Å²) >= 11 is 0. The van der Waals surface area contributed by atoms with Crippen LogP contribution in [-0.2, 0) is 24.9 Å². The van der Waals surface area contributed by atoms with Gasteiger partial charge in [-0.15, -0.1) is 35.4 Å². The van der Waals surface area contributed by atoms with Gasteiger partial charge in [-0.2, -0.15) is 0 Å². The summed E-state index contributed by atoms with van der Waals surface area (Å²) in [5.41, 5.74) is 11.5. The minimum Gasteiger partial charge on any atom is -0.512 e. The smallest absolute Gasteiger partial charge is 0.248 e. The number of alkyl halides is 2. The van der Waals surface area contributed by atoms with Crippen molar-refractivity contribution < 1.29 is 47.6 Å². The molecule has 1 atom stereocenters. The van der Waals surface area contributed by atoms with Crippen molar-refractivity contribution in [3.63, 3.8) is 0 Å². The maximum atomic E-state index is 13.7. The van der Waals surface area contributed by atoms with E-state index in [1.54, 1.807) is 6.20 Å². The van der Waals surface area contributed by atoms with E-state index < -0.39 is 5.92 Å². The zero-order chi connectivity index (χ0) is 52.4. The van der Waals surface area contributed by atoms with Gasteiger partial charge < -0.3 is 23.9 Å². The van der Waals surface area contributed by atoms with E-state index in [-0.39, 0.29) is 62.2 Å². The second-order valence-corrected chi connectivity index (χ2v) is 20.9. The molecule has 2 saturated carbocycles. The Bertz CT molecular complexity index is 3730. The van der Waals surface area contributed by atoms with Gasteiger partial charge in [-0.1, -0.05) is 149 Å². The molecule has 4 aromatic heterocycles. The van der Waals surface area contributed by atoms with Crippen molar-refractivity contribution in [1.82, 2.24) is 9.97 Å². The van der Waals surface area contributed by atoms with Gasteiger partial charge in [0, 0.05) is 74.0 Å². The average Bonchev–Trinajstić information content (AvgIpc) is 4.25. The predicted molar refractivity (Wildman–Crippen MR) is 303 cm³/mol. The standard InChI is InChI=1S/C27H20F2NO.C27H22NO.C13H24O2.Ir/c1-16-12-22-21-4-2-3-5-24(21)31-26(22)23(13-16)25-20-7-6-17(14-18(20)9-11-30-25)19-8-10-27(28,29)15-19;1-17-14-23-22-8-4-5-9-25(22)29-27(23)24(15-17)26-21-11-10-19(18-6-2-3-7-18)16-20(21)12-13-28-26;1-5-10(6-2)12(14)9-13(15)11(7-3)8-4;/h2-7,9,11-12,14,19H,8,10,15H2,1H3;4-5,8-14,16,18H,2-3,6-7H2,1H3;9-11,14H,5-8H2,1-4H3;/q2*-1;;/b;;12-9-;. The maximum absolute atomic E-state index is 13.7. The van der Waals surface area contributed by atoms with Crippen LogP contribution < -0.4 is 0 Å². The molecule has 4 heterocycles. The molecule has 2 aliphatic rings. The van der Waals surface area contributed by atoms with Gasteiger partial charge >= 0.3 is 0 Å². The Morgan fingerprint density at radius 2 is 1.11 bits per heavy atom. The Morgan fingerprint density at radius 1 is 0.632 bits per heavy atom. The molecular formula is C67H66F2IrN2O4-2. The molecule has 0 spiro atoms. The number of aliphatic hydroxyl groups is 1. The second kappa shape index (κ2) is 23.4. The van der Waals surface area contributed by atoms with Crippen LogP contribution in [0.2, 0.25) is 0 Å². The number of furan rings is 2. The van der Waals surface area contributed by atoms with E-state index in [1.165, 1.54) is 42.7 Å². The number of ketones is 1. The summed E-state index contributed by atoms with van der Waals surface area (Å²) in [7, 11) is 0. The van der Waals surface area contributed by atoms with Crippen LogP contribution in [0, 0.1) is 37.8 Å². The normalized spacial score (nSPS) is 15.7. The van der Waals surface area contributed by atoms with Crippen molar-refractivity contribution in [3.8, 4) is 22.5 Å². The van der Waals surface area contributed by atoms with Gasteiger partial charge in [0.2, 0.25) is 5.92 Å². The summed E-state index contributed by atoms with van der Waals surface area (Å²) in [4.78, 5) is 21.2. The van der Waals surface area contributed by atoms with Crippen LogP contribution in [0.4, 0.5) is 8.78 Å². The summed E-state index contributed by atoms with van der Waals surface area (Å²) in [6.45, 7) is 12.2. The molecule has 9 heteroatoms. The number of para-hydroxylation sites is 2. The fraction of sp³-hybridized carbons (Fsp3) is 0.328. The third-order valence-electron chi connectivity index (χ3n) is 15.9. The Labute approximate surface area is 458 Å². The number of hydrogen-bond donors (Lipinski definition) is 1. The van der Waals surface area contributed by atoms with Gasteiger partial charge in [-0.3, -0.25) is 4.79 Å². The van der Waals surface area contributed by atoms with E-state index in [4.69, 9.17) is 13.8 Å². The van der Waals surface area contributed by atoms with E-state index >= 15 is 0 Å². The molecule has 0 amide bonds. The number of pyridine rings is 2. The number of benzene rings is 6. The molecular weight excluding hydrogens is 1130 g/mol. The average molecular weight is 1190 g/mol. The Hall–Kier alpha value is -6.54. The van der Waals surface area contributed by atoms with Crippen LogP contribution >= 0.6 is 0 Å². The molecule has 1 radical (unpaired) electrons. The number of rotatable bonds is 11. The fourth-order valence-electron chi connectivity index (χ4n) is 11.7. The number of halogens is 2. The first kappa shape index (κ1) is 54.3. The van der Waals surface area contributed by atoms with Crippen LogP contribution in [0.15, 0.2) is 142 Å². The predicted octanol–water partition coefficient (Wildman–Crippen LogP) is 19.2. The van der Waals surface area contributed by atoms with Crippen molar-refractivity contribution >= 4 is 71.2 Å². The van der Waals surface area contributed by atoms with Crippen LogP contribution in [0.25, 0.3) is 87.9 Å². The Kier molecular flexibility index (Phi) is 16.7. The number of aryl methyl sites for hydroxylation is 2. The molecule has 1 N–H and O–H groups in total. The molecule has 2 aliphatic carbocycles. The molecule has 2 fully saturated rings. The van der Waals surface area contributed by atoms with Crippen molar-refractivity contribution in [2.24, 2.45) is 11.8 Å². The number of hydrogen-bond acceptors (Lipinski definition) is 6. The summed E-state index contributed by atoms with van der Waals surface area (Å²) in [6, 6.07) is 44.5. The van der Waals surface area contributed by atoms with Gasteiger partial charge in [-0.05, 0) is 125 Å². The molecule has 0 saturated heterocycles. The van der Waals surface area contributed by atoms with E-state index in [0.29, 0.717) is 12.3 Å². The van der Waals surface area contributed by atoms with Crippen LogP contribution in [0.3, 0.4) is 0 Å². The Balaban J connectivity index is 0.000000147. The van der Waals surface area contributed by atoms with Gasteiger partial charge in [0.25, 0.3) is 0 Å². The number of allylic oxidation sites excluding steroid dienone is 2. The monoisotopic (exact) mass is 1190 g/mol. The van der Waals surface area contributed by atoms with E-state index in [9.17, 15) is 18.7 Å². The Morgan fingerprint density at radius 3 is 1.57 bits per heavy atom. The van der Waals surface area contributed by atoms with Crippen molar-refractivity contribution in [1.29, 1.82) is 0 Å². The molecule has 6 aromatic carbocycles. The molecule has 393 valence electrons. The number of aliphatic hydroxyl groups excluding tert-OH is 1. The molecule has 12 rings (SSSR count). The van der Waals surface area contributed by atoms with Crippen molar-refractivity contribution in [3.05, 3.63) is 168 Å². The van der Waals surface area contributed by atoms with Gasteiger partial charge in [0.15, 0.2) is 5.78 Å². The number of nitrogens with zero attached hydrogens (tertiary/aromatic N) is 2. The van der Waals surface area contributed by atoms with Crippen LogP contribution in [0.5, 0.6) is 0 Å². The van der Waals surface area contributed by atoms with Crippen LogP contribution in [-0.4, -0.2) is 26.8 Å². The number of carbonyl (C=O) groups is 1. The van der Waals surface area contributed by atoms with Crippen molar-refractivity contribution in [2.45, 2.75) is 130 Å². The first-order valence-corrected chi connectivity index (χ1v) is 27.1. The summed E-state index contributed by atoms with van der Waals surface area (Å²) in [5, 5.41) is 18.5. The molecule has 1 unspecified atom stereocenters. The number of aromatic nitrogens is 2. The largest absolute Gasteiger partial charge is 0.512 e. The van der Waals surface area contributed by atoms with E-state index in [2.05, 4.69) is 78.6 Å². The van der Waals surface area contributed by atoms with Gasteiger partial charge in [0.05, 0.1) is 16.9 Å². The van der Waals surface area contributed by atoms with Crippen molar-refractivity contribution in [2.75, 3.05) is 0 Å². The topological polar surface area (TPSA) is 89.4 Å². The fourth-order valence-corrected chi connectivity index (χ4v) is 11.7. The molecule has 0 bridgehead atoms. The summed E-state index contributed by atoms with van der Waals surface area (Å²) in [6.07, 6.45) is 14.4. The SMILES string of the molecule is CCC(CC)C(=O)/C=C(\O)C(CC)CC.Cc1[c-]c(-c2nccc3cc(C4CCC(F)(F)C4)ccc23)c2oc3ccccc3c2c1.Cc1[c-]c(-c2nccc3cc(C4CCCC4)ccc23)c2oc3ccccc3c2c1.[Ir]. The molecule has 76 heavy (non-hydrogen) atoms. The summed E-state index contributed by atoms with van der Waals surface area (Å²) < 4.78 is 39.9. The van der Waals surface area contributed by atoms with E-state index in [1.807, 2.05) is 95.4 Å². The summed E-state index contributed by atoms with van der Waals surface area (Å²) in [5.74, 6) is -1.38. The maximum Gasteiger partial charge on any atom is 0.248 e. The minimum absolute atomic E-state index is 0. The quantitative estimate of drug-likeness (QED) is 0.0788. The molecule has 10 aromatic rings.